The van der Waals surface area contributed by atoms with Crippen LogP contribution in [0.5, 0.6) is 0 Å². The highest BCUT2D eigenvalue weighted by atomic mass is 79.9. The monoisotopic (exact) mass is 257 g/mol. The molecule has 0 aliphatic heterocycles. The van der Waals surface area contributed by atoms with Crippen LogP contribution in [0.2, 0.25) is 0 Å². The van der Waals surface area contributed by atoms with E-state index in [1.54, 1.807) is 6.20 Å². The Labute approximate surface area is 90.7 Å². The molecule has 2 rings (SSSR count). The molecule has 5 heteroatoms. The van der Waals surface area contributed by atoms with Crippen LogP contribution in [-0.2, 0) is 5.60 Å². The fourth-order valence-electron chi connectivity index (χ4n) is 1.82. The second kappa shape index (κ2) is 3.47. The lowest BCUT2D eigenvalue weighted by Gasteiger charge is -2.20. The lowest BCUT2D eigenvalue weighted by molar-refractivity contribution is 0.0394. The highest BCUT2D eigenvalue weighted by Crippen LogP contribution is 2.37. The Morgan fingerprint density at radius 3 is 2.64 bits per heavy atom. The molecule has 76 valence electrons. The Hall–Kier alpha value is -0.680. The number of hydrogen-bond acceptors (Lipinski definition) is 4. The fourth-order valence-corrected chi connectivity index (χ4v) is 2.11. The van der Waals surface area contributed by atoms with Gasteiger partial charge < -0.3 is 10.8 Å². The third-order valence-electron chi connectivity index (χ3n) is 2.66. The molecule has 1 aliphatic carbocycles. The van der Waals surface area contributed by atoms with Gasteiger partial charge in [0.15, 0.2) is 5.82 Å². The van der Waals surface area contributed by atoms with Gasteiger partial charge in [-0.15, -0.1) is 0 Å². The summed E-state index contributed by atoms with van der Waals surface area (Å²) in [5.74, 6) is 0.357. The number of nitrogens with zero attached hydrogens (tertiary/aromatic N) is 2. The van der Waals surface area contributed by atoms with Gasteiger partial charge in [0.05, 0.1) is 11.9 Å². The van der Waals surface area contributed by atoms with Gasteiger partial charge in [-0.3, -0.25) is 0 Å². The molecule has 1 aromatic rings. The second-order valence-electron chi connectivity index (χ2n) is 3.67. The minimum absolute atomic E-state index is 0.357. The van der Waals surface area contributed by atoms with Gasteiger partial charge >= 0.3 is 0 Å². The van der Waals surface area contributed by atoms with E-state index in [1.807, 2.05) is 0 Å². The first-order chi connectivity index (χ1) is 6.62. The molecule has 14 heavy (non-hydrogen) atoms. The molecule has 0 amide bonds. The van der Waals surface area contributed by atoms with Crippen molar-refractivity contribution in [2.45, 2.75) is 31.3 Å². The van der Waals surface area contributed by atoms with E-state index in [2.05, 4.69) is 25.9 Å². The van der Waals surface area contributed by atoms with E-state index in [1.165, 1.54) is 0 Å². The molecule has 0 radical (unpaired) electrons. The van der Waals surface area contributed by atoms with Gasteiger partial charge in [0.1, 0.15) is 10.2 Å². The van der Waals surface area contributed by atoms with Crippen molar-refractivity contribution in [3.8, 4) is 0 Å². The van der Waals surface area contributed by atoms with E-state index in [9.17, 15) is 5.11 Å². The Bertz CT molecular complexity index is 350. The molecule has 3 N–H and O–H groups in total. The van der Waals surface area contributed by atoms with Crippen LogP contribution >= 0.6 is 15.9 Å². The van der Waals surface area contributed by atoms with Crippen molar-refractivity contribution in [3.63, 3.8) is 0 Å². The molecule has 4 nitrogen and oxygen atoms in total. The maximum atomic E-state index is 10.2. The lowest BCUT2D eigenvalue weighted by Crippen LogP contribution is -2.23. The predicted octanol–water partition coefficient (Wildman–Crippen LogP) is 1.58. The molecule has 1 heterocycles. The highest BCUT2D eigenvalue weighted by molar-refractivity contribution is 9.10. The normalized spacial score (nSPS) is 19.9. The predicted molar refractivity (Wildman–Crippen MR) is 56.5 cm³/mol. The van der Waals surface area contributed by atoms with Gasteiger partial charge in [-0.05, 0) is 28.8 Å². The average Bonchev–Trinajstić information content (AvgIpc) is 2.58. The van der Waals surface area contributed by atoms with Crippen molar-refractivity contribution in [2.24, 2.45) is 0 Å². The Morgan fingerprint density at radius 2 is 2.07 bits per heavy atom. The molecule has 1 saturated carbocycles. The first kappa shape index (κ1) is 9.86. The van der Waals surface area contributed by atoms with Crippen LogP contribution in [0.1, 0.15) is 31.4 Å². The van der Waals surface area contributed by atoms with E-state index < -0.39 is 5.60 Å². The van der Waals surface area contributed by atoms with Gasteiger partial charge in [0.25, 0.3) is 0 Å². The van der Waals surface area contributed by atoms with Crippen molar-refractivity contribution < 1.29 is 5.11 Å². The zero-order valence-corrected chi connectivity index (χ0v) is 9.29. The molecule has 0 unspecified atom stereocenters. The summed E-state index contributed by atoms with van der Waals surface area (Å²) in [4.78, 5) is 8.18. The highest BCUT2D eigenvalue weighted by Gasteiger charge is 2.34. The molecule has 0 atom stereocenters. The van der Waals surface area contributed by atoms with Gasteiger partial charge in [-0.2, -0.15) is 0 Å². The third kappa shape index (κ3) is 1.62. The number of aliphatic hydroxyl groups is 1. The second-order valence-corrected chi connectivity index (χ2v) is 4.42. The van der Waals surface area contributed by atoms with Gasteiger partial charge in [-0.25, -0.2) is 9.97 Å². The zero-order valence-electron chi connectivity index (χ0n) is 7.70. The summed E-state index contributed by atoms with van der Waals surface area (Å²) in [5.41, 5.74) is 5.36. The molecule has 0 saturated heterocycles. The molecule has 0 bridgehead atoms. The van der Waals surface area contributed by atoms with Crippen LogP contribution < -0.4 is 5.73 Å². The molecule has 1 fully saturated rings. The van der Waals surface area contributed by atoms with Gasteiger partial charge in [-0.1, -0.05) is 12.8 Å². The van der Waals surface area contributed by atoms with Crippen molar-refractivity contribution in [3.05, 3.63) is 16.5 Å². The maximum Gasteiger partial charge on any atom is 0.156 e. The molecule has 0 spiro atoms. The van der Waals surface area contributed by atoms with E-state index in [-0.39, 0.29) is 0 Å². The molecular formula is C9H12BrN3O. The van der Waals surface area contributed by atoms with Crippen molar-refractivity contribution in [1.29, 1.82) is 0 Å². The van der Waals surface area contributed by atoms with Crippen LogP contribution in [0.3, 0.4) is 0 Å². The van der Waals surface area contributed by atoms with Crippen molar-refractivity contribution in [1.82, 2.24) is 9.97 Å². The number of nitrogen functional groups attached to an aromatic ring is 1. The molecule has 0 aromatic carbocycles. The summed E-state index contributed by atoms with van der Waals surface area (Å²) < 4.78 is 0.510. The summed E-state index contributed by atoms with van der Waals surface area (Å²) in [6.45, 7) is 0. The third-order valence-corrected chi connectivity index (χ3v) is 3.25. The summed E-state index contributed by atoms with van der Waals surface area (Å²) in [5, 5.41) is 10.2. The first-order valence-electron chi connectivity index (χ1n) is 4.63. The minimum atomic E-state index is -0.788. The van der Waals surface area contributed by atoms with Crippen LogP contribution in [0.15, 0.2) is 10.8 Å². The number of halogens is 1. The first-order valence-corrected chi connectivity index (χ1v) is 5.42. The Balaban J connectivity index is 2.36. The summed E-state index contributed by atoms with van der Waals surface area (Å²) in [7, 11) is 0. The number of anilines is 1. The van der Waals surface area contributed by atoms with Gasteiger partial charge in [0.2, 0.25) is 0 Å². The number of nitrogens with two attached hydrogens (primary N) is 1. The Morgan fingerprint density at radius 1 is 1.43 bits per heavy atom. The zero-order chi connectivity index (χ0) is 10.2. The Kier molecular flexibility index (Phi) is 2.45. The minimum Gasteiger partial charge on any atom is -0.383 e. The SMILES string of the molecule is Nc1ncc(C2(O)CCCC2)nc1Br. The van der Waals surface area contributed by atoms with Crippen LogP contribution in [0, 0.1) is 0 Å². The molecular weight excluding hydrogens is 246 g/mol. The van der Waals surface area contributed by atoms with Gasteiger partial charge in [0, 0.05) is 0 Å². The lowest BCUT2D eigenvalue weighted by atomic mass is 9.99. The number of hydrogen-bond donors (Lipinski definition) is 2. The topological polar surface area (TPSA) is 72.0 Å². The molecule has 1 aliphatic rings. The summed E-state index contributed by atoms with van der Waals surface area (Å²) >= 11 is 3.21. The van der Waals surface area contributed by atoms with E-state index in [4.69, 9.17) is 5.73 Å². The maximum absolute atomic E-state index is 10.2. The summed E-state index contributed by atoms with van der Waals surface area (Å²) in [6.07, 6.45) is 5.17. The van der Waals surface area contributed by atoms with E-state index in [0.29, 0.717) is 16.1 Å². The average molecular weight is 258 g/mol. The smallest absolute Gasteiger partial charge is 0.156 e. The standard InChI is InChI=1S/C9H12BrN3O/c10-7-8(11)12-5-6(13-7)9(14)3-1-2-4-9/h5,14H,1-4H2,(H2,11,12). The van der Waals surface area contributed by atoms with Crippen molar-refractivity contribution in [2.75, 3.05) is 5.73 Å². The molecule has 1 aromatic heterocycles. The van der Waals surface area contributed by atoms with Crippen molar-refractivity contribution >= 4 is 21.7 Å². The van der Waals surface area contributed by atoms with E-state index >= 15 is 0 Å². The number of rotatable bonds is 1. The number of aromatic nitrogens is 2. The van der Waals surface area contributed by atoms with E-state index in [0.717, 1.165) is 25.7 Å². The largest absolute Gasteiger partial charge is 0.383 e. The van der Waals surface area contributed by atoms with Crippen LogP contribution in [-0.4, -0.2) is 15.1 Å². The fraction of sp³-hybridized carbons (Fsp3) is 0.556. The summed E-state index contributed by atoms with van der Waals surface area (Å²) in [6, 6.07) is 0. The van der Waals surface area contributed by atoms with Crippen LogP contribution in [0.4, 0.5) is 5.82 Å². The van der Waals surface area contributed by atoms with Crippen LogP contribution in [0.25, 0.3) is 0 Å². The quantitative estimate of drug-likeness (QED) is 0.802.